The van der Waals surface area contributed by atoms with Crippen molar-refractivity contribution in [2.75, 3.05) is 0 Å². The van der Waals surface area contributed by atoms with Gasteiger partial charge < -0.3 is 10.4 Å². The molecule has 3 aliphatic rings. The first-order valence-corrected chi connectivity index (χ1v) is 8.72. The monoisotopic (exact) mass is 313 g/mol. The summed E-state index contributed by atoms with van der Waals surface area (Å²) in [6, 6.07) is 8.59. The number of aryl methyl sites for hydroxylation is 1. The fraction of sp³-hybridized carbons (Fsp3) is 0.579. The second kappa shape index (κ2) is 5.36. The Balaban J connectivity index is 1.44. The topological polar surface area (TPSA) is 66.4 Å². The zero-order chi connectivity index (χ0) is 16.0. The van der Waals surface area contributed by atoms with E-state index < -0.39 is 5.97 Å². The van der Waals surface area contributed by atoms with Crippen LogP contribution in [0.5, 0.6) is 0 Å². The molecule has 4 rings (SSSR count). The Bertz CT molecular complexity index is 656. The molecule has 0 heterocycles. The van der Waals surface area contributed by atoms with Gasteiger partial charge in [-0.15, -0.1) is 0 Å². The van der Waals surface area contributed by atoms with Gasteiger partial charge in [0.15, 0.2) is 0 Å². The Labute approximate surface area is 136 Å². The number of hydrogen-bond acceptors (Lipinski definition) is 2. The highest BCUT2D eigenvalue weighted by Crippen LogP contribution is 2.60. The lowest BCUT2D eigenvalue weighted by Crippen LogP contribution is -2.36. The molecule has 1 amide bonds. The fourth-order valence-electron chi connectivity index (χ4n) is 4.81. The van der Waals surface area contributed by atoms with Crippen LogP contribution in [0.2, 0.25) is 0 Å². The molecule has 2 unspecified atom stereocenters. The minimum Gasteiger partial charge on any atom is -0.481 e. The Morgan fingerprint density at radius 1 is 1.22 bits per heavy atom. The number of fused-ring (bicyclic) bond motifs is 2. The first-order chi connectivity index (χ1) is 11.1. The van der Waals surface area contributed by atoms with Gasteiger partial charge in [-0.2, -0.15) is 0 Å². The van der Waals surface area contributed by atoms with E-state index in [2.05, 4.69) is 29.6 Å². The van der Waals surface area contributed by atoms with Crippen molar-refractivity contribution in [2.45, 2.75) is 56.4 Å². The molecular formula is C19H23NO3. The summed E-state index contributed by atoms with van der Waals surface area (Å²) in [5.41, 5.74) is 2.84. The van der Waals surface area contributed by atoms with Crippen LogP contribution in [-0.4, -0.2) is 23.0 Å². The largest absolute Gasteiger partial charge is 0.481 e. The minimum absolute atomic E-state index is 0.0417. The lowest BCUT2D eigenvalue weighted by Gasteiger charge is -2.26. The molecule has 23 heavy (non-hydrogen) atoms. The summed E-state index contributed by atoms with van der Waals surface area (Å²) in [6.45, 7) is 0. The normalized spacial score (nSPS) is 34.9. The molecule has 4 atom stereocenters. The van der Waals surface area contributed by atoms with Crippen LogP contribution in [0.15, 0.2) is 24.3 Å². The Kier molecular flexibility index (Phi) is 3.43. The molecule has 0 aromatic heterocycles. The predicted molar refractivity (Wildman–Crippen MR) is 86.1 cm³/mol. The van der Waals surface area contributed by atoms with E-state index in [1.807, 2.05) is 0 Å². The molecule has 0 radical (unpaired) electrons. The maximum absolute atomic E-state index is 12.7. The van der Waals surface area contributed by atoms with Gasteiger partial charge in [-0.25, -0.2) is 0 Å². The third kappa shape index (κ3) is 2.44. The van der Waals surface area contributed by atoms with Gasteiger partial charge in [0.05, 0.1) is 5.92 Å². The average molecular weight is 313 g/mol. The van der Waals surface area contributed by atoms with Gasteiger partial charge in [0.2, 0.25) is 5.91 Å². The van der Waals surface area contributed by atoms with E-state index in [4.69, 9.17) is 5.11 Å². The number of amides is 1. The van der Waals surface area contributed by atoms with Crippen molar-refractivity contribution in [1.82, 2.24) is 5.32 Å². The van der Waals surface area contributed by atoms with Crippen molar-refractivity contribution in [3.8, 4) is 0 Å². The maximum atomic E-state index is 12.7. The number of carbonyl (C=O) groups is 2. The number of nitrogens with one attached hydrogen (secondary N) is 1. The molecule has 0 saturated heterocycles. The van der Waals surface area contributed by atoms with E-state index >= 15 is 0 Å². The summed E-state index contributed by atoms with van der Waals surface area (Å²) < 4.78 is 0. The van der Waals surface area contributed by atoms with Crippen molar-refractivity contribution in [3.63, 3.8) is 0 Å². The minimum atomic E-state index is -0.731. The van der Waals surface area contributed by atoms with Gasteiger partial charge in [0.25, 0.3) is 0 Å². The summed E-state index contributed by atoms with van der Waals surface area (Å²) in [5.74, 6) is -0.805. The zero-order valence-corrected chi connectivity index (χ0v) is 13.3. The SMILES string of the molecule is O=C(N[C@H]1CC[C@@H](C(=O)O)C1)C1CC12CCCc1ccccc12. The number of aliphatic carboxylic acids is 1. The highest BCUT2D eigenvalue weighted by atomic mass is 16.4. The van der Waals surface area contributed by atoms with Crippen LogP contribution in [0.1, 0.15) is 49.7 Å². The second-order valence-electron chi connectivity index (χ2n) is 7.48. The summed E-state index contributed by atoms with van der Waals surface area (Å²) in [5, 5.41) is 12.2. The number of carboxylic acids is 1. The first-order valence-electron chi connectivity index (χ1n) is 8.72. The van der Waals surface area contributed by atoms with Gasteiger partial charge in [-0.3, -0.25) is 9.59 Å². The second-order valence-corrected chi connectivity index (χ2v) is 7.48. The zero-order valence-electron chi connectivity index (χ0n) is 13.3. The summed E-state index contributed by atoms with van der Waals surface area (Å²) in [7, 11) is 0. The van der Waals surface area contributed by atoms with Gasteiger partial charge in [-0.1, -0.05) is 24.3 Å². The third-order valence-corrected chi connectivity index (χ3v) is 6.14. The third-order valence-electron chi connectivity index (χ3n) is 6.14. The smallest absolute Gasteiger partial charge is 0.306 e. The van der Waals surface area contributed by atoms with Crippen molar-refractivity contribution >= 4 is 11.9 Å². The van der Waals surface area contributed by atoms with Crippen LogP contribution < -0.4 is 5.32 Å². The van der Waals surface area contributed by atoms with Crippen molar-refractivity contribution < 1.29 is 14.7 Å². The Hall–Kier alpha value is -1.84. The highest BCUT2D eigenvalue weighted by molar-refractivity contribution is 5.85. The summed E-state index contributed by atoms with van der Waals surface area (Å²) >= 11 is 0. The molecule has 1 aromatic carbocycles. The molecule has 2 saturated carbocycles. The molecule has 122 valence electrons. The molecular weight excluding hydrogens is 290 g/mol. The van der Waals surface area contributed by atoms with E-state index in [0.717, 1.165) is 32.1 Å². The van der Waals surface area contributed by atoms with E-state index in [9.17, 15) is 9.59 Å². The highest BCUT2D eigenvalue weighted by Gasteiger charge is 2.60. The van der Waals surface area contributed by atoms with Gasteiger partial charge in [0, 0.05) is 17.4 Å². The Morgan fingerprint density at radius 3 is 2.83 bits per heavy atom. The standard InChI is InChI=1S/C19H23NO3/c21-17(20-14-8-7-13(10-14)18(22)23)16-11-19(16)9-3-5-12-4-1-2-6-15(12)19/h1-2,4,6,13-14,16H,3,5,7-11H2,(H,20,21)(H,22,23)/t13-,14+,16?,19?/m1/s1. The van der Waals surface area contributed by atoms with Crippen LogP contribution in [0, 0.1) is 11.8 Å². The molecule has 4 nitrogen and oxygen atoms in total. The first kappa shape index (κ1) is 14.7. The molecule has 2 N–H and O–H groups in total. The molecule has 1 spiro atoms. The van der Waals surface area contributed by atoms with Crippen molar-refractivity contribution in [2.24, 2.45) is 11.8 Å². The van der Waals surface area contributed by atoms with Gasteiger partial charge in [0.1, 0.15) is 0 Å². The van der Waals surface area contributed by atoms with E-state index in [1.165, 1.54) is 11.1 Å². The van der Waals surface area contributed by atoms with Crippen LogP contribution in [-0.2, 0) is 21.4 Å². The quantitative estimate of drug-likeness (QED) is 0.901. The molecule has 3 aliphatic carbocycles. The van der Waals surface area contributed by atoms with Gasteiger partial charge >= 0.3 is 5.97 Å². The van der Waals surface area contributed by atoms with Crippen LogP contribution in [0.25, 0.3) is 0 Å². The fourth-order valence-corrected chi connectivity index (χ4v) is 4.81. The molecule has 0 bridgehead atoms. The number of benzene rings is 1. The number of carboxylic acid groups (broad SMARTS) is 1. The van der Waals surface area contributed by atoms with Crippen LogP contribution in [0.4, 0.5) is 0 Å². The van der Waals surface area contributed by atoms with E-state index in [0.29, 0.717) is 12.8 Å². The number of rotatable bonds is 3. The van der Waals surface area contributed by atoms with E-state index in [-0.39, 0.29) is 29.2 Å². The molecule has 4 heteroatoms. The molecule has 2 fully saturated rings. The lowest BCUT2D eigenvalue weighted by atomic mass is 9.78. The Morgan fingerprint density at radius 2 is 2.04 bits per heavy atom. The van der Waals surface area contributed by atoms with Crippen molar-refractivity contribution in [3.05, 3.63) is 35.4 Å². The molecule has 1 aromatic rings. The number of carbonyl (C=O) groups excluding carboxylic acids is 1. The van der Waals surface area contributed by atoms with Gasteiger partial charge in [-0.05, 0) is 56.1 Å². The summed E-state index contributed by atoms with van der Waals surface area (Å²) in [6.07, 6.45) is 6.38. The van der Waals surface area contributed by atoms with Crippen LogP contribution in [0.3, 0.4) is 0 Å². The lowest BCUT2D eigenvalue weighted by molar-refractivity contribution is -0.141. The summed E-state index contributed by atoms with van der Waals surface area (Å²) in [4.78, 5) is 23.7. The van der Waals surface area contributed by atoms with Crippen molar-refractivity contribution in [1.29, 1.82) is 0 Å². The average Bonchev–Trinajstić information content (AvgIpc) is 3.06. The number of hydrogen-bond donors (Lipinski definition) is 2. The van der Waals surface area contributed by atoms with Crippen LogP contribution >= 0.6 is 0 Å². The molecule has 0 aliphatic heterocycles. The predicted octanol–water partition coefficient (Wildman–Crippen LogP) is 2.65. The van der Waals surface area contributed by atoms with E-state index in [1.54, 1.807) is 0 Å². The maximum Gasteiger partial charge on any atom is 0.306 e.